The lowest BCUT2D eigenvalue weighted by Gasteiger charge is -2.50. The van der Waals surface area contributed by atoms with Crippen molar-refractivity contribution < 1.29 is 14.3 Å². The van der Waals surface area contributed by atoms with Crippen molar-refractivity contribution >= 4 is 5.97 Å². The molecule has 1 aliphatic rings. The fourth-order valence-electron chi connectivity index (χ4n) is 2.80. The first-order valence-corrected chi connectivity index (χ1v) is 6.66. The minimum Gasteiger partial charge on any atom is -0.452 e. The Balaban J connectivity index is 3.08. The van der Waals surface area contributed by atoms with Crippen LogP contribution in [0.2, 0.25) is 0 Å². The number of methoxy groups -OCH3 is 1. The number of carbonyl (C=O) groups is 1. The number of hydrogen-bond donors (Lipinski definition) is 0. The number of ether oxygens (including phenoxy) is 2. The van der Waals surface area contributed by atoms with Gasteiger partial charge in [0.2, 0.25) is 0 Å². The fraction of sp³-hybridized carbons (Fsp3) is 0.800. The van der Waals surface area contributed by atoms with E-state index in [-0.39, 0.29) is 17.5 Å². The van der Waals surface area contributed by atoms with E-state index in [0.717, 1.165) is 25.7 Å². The van der Waals surface area contributed by atoms with Gasteiger partial charge >= 0.3 is 5.97 Å². The van der Waals surface area contributed by atoms with Crippen molar-refractivity contribution in [2.45, 2.75) is 65.1 Å². The van der Waals surface area contributed by atoms with E-state index in [9.17, 15) is 4.79 Å². The predicted octanol–water partition coefficient (Wildman–Crippen LogP) is 3.48. The summed E-state index contributed by atoms with van der Waals surface area (Å²) in [6, 6.07) is 0. The van der Waals surface area contributed by atoms with Gasteiger partial charge in [-0.25, -0.2) is 4.79 Å². The van der Waals surface area contributed by atoms with Crippen LogP contribution in [-0.4, -0.2) is 24.8 Å². The molecule has 0 amide bonds. The van der Waals surface area contributed by atoms with Crippen LogP contribution >= 0.6 is 0 Å². The molecule has 1 fully saturated rings. The molecular formula is C15H26O3. The Bertz CT molecular complexity index is 327. The van der Waals surface area contributed by atoms with Crippen LogP contribution in [0.1, 0.15) is 53.4 Å². The second-order valence-electron chi connectivity index (χ2n) is 6.28. The molecule has 0 N–H and O–H groups in total. The second-order valence-corrected chi connectivity index (χ2v) is 6.28. The van der Waals surface area contributed by atoms with E-state index in [1.54, 1.807) is 14.0 Å². The molecule has 0 aromatic rings. The number of hydrogen-bond acceptors (Lipinski definition) is 3. The summed E-state index contributed by atoms with van der Waals surface area (Å²) >= 11 is 0. The zero-order valence-corrected chi connectivity index (χ0v) is 12.3. The molecule has 3 nitrogen and oxygen atoms in total. The summed E-state index contributed by atoms with van der Waals surface area (Å²) in [5.74, 6) is -0.311. The molecule has 0 radical (unpaired) electrons. The predicted molar refractivity (Wildman–Crippen MR) is 72.4 cm³/mol. The summed E-state index contributed by atoms with van der Waals surface area (Å²) in [5, 5.41) is 0. The summed E-state index contributed by atoms with van der Waals surface area (Å²) in [5.41, 5.74) is -0.256. The molecule has 18 heavy (non-hydrogen) atoms. The first-order valence-electron chi connectivity index (χ1n) is 6.66. The van der Waals surface area contributed by atoms with Gasteiger partial charge in [-0.15, -0.1) is 0 Å². The van der Waals surface area contributed by atoms with Crippen LogP contribution in [-0.2, 0) is 14.3 Å². The minimum absolute atomic E-state index is 0.0328. The van der Waals surface area contributed by atoms with E-state index in [4.69, 9.17) is 9.47 Å². The van der Waals surface area contributed by atoms with Gasteiger partial charge in [-0.1, -0.05) is 33.8 Å². The van der Waals surface area contributed by atoms with E-state index in [1.165, 1.54) is 0 Å². The smallest absolute Gasteiger partial charge is 0.333 e. The Morgan fingerprint density at radius 1 is 1.33 bits per heavy atom. The first kappa shape index (κ1) is 15.2. The normalized spacial score (nSPS) is 28.8. The van der Waals surface area contributed by atoms with Crippen molar-refractivity contribution in [3.63, 3.8) is 0 Å². The Kier molecular flexibility index (Phi) is 4.60. The van der Waals surface area contributed by atoms with Gasteiger partial charge in [0.25, 0.3) is 0 Å². The van der Waals surface area contributed by atoms with E-state index in [0.29, 0.717) is 5.57 Å². The number of rotatable bonds is 3. The SMILES string of the molecule is C=C(C)C(=O)OC1(C(C)(C)C)CCCCC1OC. The molecule has 0 bridgehead atoms. The molecule has 0 aromatic carbocycles. The summed E-state index contributed by atoms with van der Waals surface area (Å²) in [6.45, 7) is 11.7. The summed E-state index contributed by atoms with van der Waals surface area (Å²) in [7, 11) is 1.70. The van der Waals surface area contributed by atoms with Gasteiger partial charge in [-0.3, -0.25) is 0 Å². The Morgan fingerprint density at radius 3 is 2.39 bits per heavy atom. The molecule has 0 aromatic heterocycles. The highest BCUT2D eigenvalue weighted by atomic mass is 16.6. The van der Waals surface area contributed by atoms with E-state index in [2.05, 4.69) is 27.4 Å². The lowest BCUT2D eigenvalue weighted by Crippen LogP contribution is -2.58. The average Bonchev–Trinajstić information content (AvgIpc) is 2.27. The van der Waals surface area contributed by atoms with Gasteiger partial charge in [-0.05, 0) is 26.2 Å². The van der Waals surface area contributed by atoms with Gasteiger partial charge in [0.1, 0.15) is 5.60 Å². The third-order valence-electron chi connectivity index (χ3n) is 3.96. The molecule has 3 heteroatoms. The van der Waals surface area contributed by atoms with Gasteiger partial charge in [-0.2, -0.15) is 0 Å². The molecule has 1 rings (SSSR count). The standard InChI is InChI=1S/C15H26O3/c1-11(2)13(16)18-15(14(3,4)5)10-8-7-9-12(15)17-6/h12H,1,7-10H2,2-6H3. The first-order chi connectivity index (χ1) is 8.24. The van der Waals surface area contributed by atoms with Gasteiger partial charge in [0, 0.05) is 18.1 Å². The zero-order valence-electron chi connectivity index (χ0n) is 12.3. The molecule has 2 atom stereocenters. The van der Waals surface area contributed by atoms with Crippen molar-refractivity contribution in [2.24, 2.45) is 5.41 Å². The van der Waals surface area contributed by atoms with Crippen LogP contribution in [0, 0.1) is 5.41 Å². The van der Waals surface area contributed by atoms with Gasteiger partial charge in [0.15, 0.2) is 0 Å². The van der Waals surface area contributed by atoms with Crippen LogP contribution in [0.3, 0.4) is 0 Å². The van der Waals surface area contributed by atoms with Crippen molar-refractivity contribution in [1.29, 1.82) is 0 Å². The summed E-state index contributed by atoms with van der Waals surface area (Å²) < 4.78 is 11.5. The lowest BCUT2D eigenvalue weighted by molar-refractivity contribution is -0.207. The van der Waals surface area contributed by atoms with Crippen LogP contribution in [0.25, 0.3) is 0 Å². The fourth-order valence-corrected chi connectivity index (χ4v) is 2.80. The van der Waals surface area contributed by atoms with Gasteiger partial charge < -0.3 is 9.47 Å². The zero-order chi connectivity index (χ0) is 14.0. The maximum Gasteiger partial charge on any atom is 0.333 e. The van der Waals surface area contributed by atoms with E-state index in [1.807, 2.05) is 0 Å². The van der Waals surface area contributed by atoms with Crippen LogP contribution in [0.4, 0.5) is 0 Å². The van der Waals surface area contributed by atoms with Gasteiger partial charge in [0.05, 0.1) is 6.10 Å². The van der Waals surface area contributed by atoms with Crippen LogP contribution in [0.15, 0.2) is 12.2 Å². The molecule has 104 valence electrons. The van der Waals surface area contributed by atoms with Crippen molar-refractivity contribution in [3.05, 3.63) is 12.2 Å². The average molecular weight is 254 g/mol. The molecule has 2 unspecified atom stereocenters. The third kappa shape index (κ3) is 2.77. The van der Waals surface area contributed by atoms with Crippen molar-refractivity contribution in [3.8, 4) is 0 Å². The molecule has 0 heterocycles. The Hall–Kier alpha value is -0.830. The minimum atomic E-state index is -0.546. The molecule has 0 aliphatic heterocycles. The maximum atomic E-state index is 11.9. The molecule has 1 aliphatic carbocycles. The van der Waals surface area contributed by atoms with E-state index >= 15 is 0 Å². The lowest BCUT2D eigenvalue weighted by atomic mass is 9.66. The summed E-state index contributed by atoms with van der Waals surface area (Å²) in [4.78, 5) is 11.9. The largest absolute Gasteiger partial charge is 0.452 e. The topological polar surface area (TPSA) is 35.5 Å². The van der Waals surface area contributed by atoms with Crippen molar-refractivity contribution in [1.82, 2.24) is 0 Å². The highest BCUT2D eigenvalue weighted by Gasteiger charge is 2.53. The molecule has 0 saturated heterocycles. The quantitative estimate of drug-likeness (QED) is 0.571. The Labute approximate surface area is 111 Å². The highest BCUT2D eigenvalue weighted by Crippen LogP contribution is 2.46. The third-order valence-corrected chi connectivity index (χ3v) is 3.96. The van der Waals surface area contributed by atoms with Crippen LogP contribution in [0.5, 0.6) is 0 Å². The van der Waals surface area contributed by atoms with E-state index < -0.39 is 5.60 Å². The molecule has 0 spiro atoms. The number of carbonyl (C=O) groups excluding carboxylic acids is 1. The summed E-state index contributed by atoms with van der Waals surface area (Å²) in [6.07, 6.45) is 3.96. The van der Waals surface area contributed by atoms with Crippen molar-refractivity contribution in [2.75, 3.05) is 7.11 Å². The monoisotopic (exact) mass is 254 g/mol. The second kappa shape index (κ2) is 5.43. The highest BCUT2D eigenvalue weighted by molar-refractivity contribution is 5.87. The molecule has 1 saturated carbocycles. The molecular weight excluding hydrogens is 228 g/mol. The Morgan fingerprint density at radius 2 is 1.94 bits per heavy atom. The maximum absolute atomic E-state index is 11.9. The number of esters is 1. The van der Waals surface area contributed by atoms with Crippen LogP contribution < -0.4 is 0 Å².